The Bertz CT molecular complexity index is 609. The van der Waals surface area contributed by atoms with Crippen LogP contribution in [0.4, 0.5) is 5.69 Å². The van der Waals surface area contributed by atoms with Gasteiger partial charge in [-0.3, -0.25) is 9.69 Å². The van der Waals surface area contributed by atoms with E-state index in [1.165, 1.54) is 31.5 Å². The van der Waals surface area contributed by atoms with E-state index < -0.39 is 6.10 Å². The van der Waals surface area contributed by atoms with Gasteiger partial charge in [0.15, 0.2) is 0 Å². The number of hydrogen-bond acceptors (Lipinski definition) is 4. The number of benzene rings is 1. The third-order valence-electron chi connectivity index (χ3n) is 6.36. The summed E-state index contributed by atoms with van der Waals surface area (Å²) < 4.78 is 5.59. The highest BCUT2D eigenvalue weighted by molar-refractivity contribution is 6.30. The first-order valence-corrected chi connectivity index (χ1v) is 11.1. The maximum absolute atomic E-state index is 11.6. The summed E-state index contributed by atoms with van der Waals surface area (Å²) >= 11 is 5.99. The van der Waals surface area contributed by atoms with Gasteiger partial charge in [0, 0.05) is 43.5 Å². The molecule has 0 bridgehead atoms. The summed E-state index contributed by atoms with van der Waals surface area (Å²) in [5.74, 6) is 0.765. The molecule has 1 amide bonds. The van der Waals surface area contributed by atoms with E-state index in [1.807, 2.05) is 19.1 Å². The lowest BCUT2D eigenvalue weighted by Gasteiger charge is -2.37. The fourth-order valence-corrected chi connectivity index (χ4v) is 4.78. The zero-order valence-corrected chi connectivity index (χ0v) is 17.7. The van der Waals surface area contributed by atoms with Crippen LogP contribution in [0.25, 0.3) is 0 Å². The van der Waals surface area contributed by atoms with Gasteiger partial charge in [-0.2, -0.15) is 0 Å². The van der Waals surface area contributed by atoms with Gasteiger partial charge in [-0.15, -0.1) is 0 Å². The highest BCUT2D eigenvalue weighted by Crippen LogP contribution is 2.34. The molecule has 1 aromatic carbocycles. The Morgan fingerprint density at radius 3 is 2.36 bits per heavy atom. The molecule has 1 aliphatic heterocycles. The standard InChI is InChI=1S/C22H34ClN3O2/c1-2-28-21(22(24)27)18-5-3-17(4-6-18)11-12-25-13-15-26(16-14-25)20-9-7-19(23)8-10-20/h7-10,17-18,21H,2-6,11-16H2,1H3,(H2,24,27). The van der Waals surface area contributed by atoms with Gasteiger partial charge in [-0.25, -0.2) is 0 Å². The highest BCUT2D eigenvalue weighted by Gasteiger charge is 2.31. The molecule has 6 heteroatoms. The molecule has 3 rings (SSSR count). The summed E-state index contributed by atoms with van der Waals surface area (Å²) in [4.78, 5) is 16.7. The maximum atomic E-state index is 11.6. The minimum atomic E-state index is -0.396. The summed E-state index contributed by atoms with van der Waals surface area (Å²) in [6.45, 7) is 8.03. The van der Waals surface area contributed by atoms with E-state index in [-0.39, 0.29) is 5.91 Å². The summed E-state index contributed by atoms with van der Waals surface area (Å²) in [5.41, 5.74) is 6.79. The Kier molecular flexibility index (Phi) is 8.00. The van der Waals surface area contributed by atoms with Crippen LogP contribution >= 0.6 is 11.6 Å². The Labute approximate surface area is 174 Å². The van der Waals surface area contributed by atoms with Crippen LogP contribution in [0.3, 0.4) is 0 Å². The molecule has 1 heterocycles. The second-order valence-electron chi connectivity index (χ2n) is 8.15. The van der Waals surface area contributed by atoms with Crippen LogP contribution < -0.4 is 10.6 Å². The van der Waals surface area contributed by atoms with Crippen molar-refractivity contribution in [2.24, 2.45) is 17.6 Å². The minimum absolute atomic E-state index is 0.302. The SMILES string of the molecule is CCOC(C(N)=O)C1CCC(CCN2CCN(c3ccc(Cl)cc3)CC2)CC1. The van der Waals surface area contributed by atoms with E-state index in [9.17, 15) is 4.79 Å². The number of piperazine rings is 1. The molecule has 0 aromatic heterocycles. The lowest BCUT2D eigenvalue weighted by molar-refractivity contribution is -0.134. The van der Waals surface area contributed by atoms with Gasteiger partial charge >= 0.3 is 0 Å². The number of nitrogens with two attached hydrogens (primary N) is 1. The molecule has 1 saturated carbocycles. The van der Waals surface area contributed by atoms with Crippen LogP contribution in [0, 0.1) is 11.8 Å². The number of amides is 1. The minimum Gasteiger partial charge on any atom is -0.369 e. The van der Waals surface area contributed by atoms with E-state index in [0.717, 1.165) is 50.0 Å². The number of carbonyl (C=O) groups excluding carboxylic acids is 1. The number of halogens is 1. The lowest BCUT2D eigenvalue weighted by Crippen LogP contribution is -2.47. The number of nitrogens with zero attached hydrogens (tertiary/aromatic N) is 2. The average Bonchev–Trinajstić information content (AvgIpc) is 2.72. The van der Waals surface area contributed by atoms with Crippen molar-refractivity contribution in [3.63, 3.8) is 0 Å². The van der Waals surface area contributed by atoms with Gasteiger partial charge in [0.2, 0.25) is 5.91 Å². The van der Waals surface area contributed by atoms with Crippen LogP contribution in [0.2, 0.25) is 5.02 Å². The zero-order valence-electron chi connectivity index (χ0n) is 17.0. The Morgan fingerprint density at radius 2 is 1.79 bits per heavy atom. The third kappa shape index (κ3) is 5.85. The highest BCUT2D eigenvalue weighted by atomic mass is 35.5. The van der Waals surface area contributed by atoms with E-state index >= 15 is 0 Å². The van der Waals surface area contributed by atoms with Crippen molar-refractivity contribution in [1.29, 1.82) is 0 Å². The number of anilines is 1. The molecule has 5 nitrogen and oxygen atoms in total. The molecule has 156 valence electrons. The van der Waals surface area contributed by atoms with Crippen molar-refractivity contribution in [3.8, 4) is 0 Å². The van der Waals surface area contributed by atoms with Crippen molar-refractivity contribution in [1.82, 2.24) is 4.90 Å². The summed E-state index contributed by atoms with van der Waals surface area (Å²) in [6.07, 6.45) is 5.35. The van der Waals surface area contributed by atoms with Crippen molar-refractivity contribution in [3.05, 3.63) is 29.3 Å². The molecule has 2 aliphatic rings. The van der Waals surface area contributed by atoms with Crippen LogP contribution in [-0.4, -0.2) is 56.2 Å². The number of ether oxygens (including phenoxy) is 1. The molecule has 1 saturated heterocycles. The van der Waals surface area contributed by atoms with Crippen molar-refractivity contribution in [2.75, 3.05) is 44.2 Å². The number of primary amides is 1. The first kappa shape index (κ1) is 21.4. The molecule has 1 atom stereocenters. The Hall–Kier alpha value is -1.30. The Balaban J connectivity index is 1.36. The Morgan fingerprint density at radius 1 is 1.14 bits per heavy atom. The summed E-state index contributed by atoms with van der Waals surface area (Å²) in [5, 5.41) is 0.792. The first-order chi connectivity index (χ1) is 13.6. The molecule has 0 radical (unpaired) electrons. The fourth-order valence-electron chi connectivity index (χ4n) is 4.66. The number of hydrogen-bond donors (Lipinski definition) is 1. The fraction of sp³-hybridized carbons (Fsp3) is 0.682. The van der Waals surface area contributed by atoms with Crippen molar-refractivity contribution >= 4 is 23.2 Å². The topological polar surface area (TPSA) is 58.8 Å². The normalized spacial score (nSPS) is 24.9. The van der Waals surface area contributed by atoms with Gasteiger partial charge in [0.1, 0.15) is 6.10 Å². The molecule has 1 unspecified atom stereocenters. The van der Waals surface area contributed by atoms with Crippen LogP contribution in [0.15, 0.2) is 24.3 Å². The van der Waals surface area contributed by atoms with E-state index in [0.29, 0.717) is 12.5 Å². The molecule has 0 spiro atoms. The number of rotatable bonds is 8. The van der Waals surface area contributed by atoms with E-state index in [2.05, 4.69) is 21.9 Å². The summed E-state index contributed by atoms with van der Waals surface area (Å²) in [6, 6.07) is 8.15. The quantitative estimate of drug-likeness (QED) is 0.715. The first-order valence-electron chi connectivity index (χ1n) is 10.7. The second kappa shape index (κ2) is 10.5. The molecular formula is C22H34ClN3O2. The zero-order chi connectivity index (χ0) is 19.9. The van der Waals surface area contributed by atoms with Gasteiger partial charge in [0.05, 0.1) is 0 Å². The van der Waals surface area contributed by atoms with Gasteiger partial charge in [-0.1, -0.05) is 24.4 Å². The number of carbonyl (C=O) groups is 1. The van der Waals surface area contributed by atoms with E-state index in [4.69, 9.17) is 22.1 Å². The van der Waals surface area contributed by atoms with E-state index in [1.54, 1.807) is 0 Å². The van der Waals surface area contributed by atoms with Crippen LogP contribution in [0.5, 0.6) is 0 Å². The summed E-state index contributed by atoms with van der Waals surface area (Å²) in [7, 11) is 0. The molecule has 2 fully saturated rings. The predicted molar refractivity (Wildman–Crippen MR) is 115 cm³/mol. The molecule has 1 aromatic rings. The van der Waals surface area contributed by atoms with Gasteiger partial charge in [0.25, 0.3) is 0 Å². The molecule has 1 aliphatic carbocycles. The molecule has 28 heavy (non-hydrogen) atoms. The average molecular weight is 408 g/mol. The lowest BCUT2D eigenvalue weighted by atomic mass is 9.78. The smallest absolute Gasteiger partial charge is 0.246 e. The van der Waals surface area contributed by atoms with Crippen molar-refractivity contribution < 1.29 is 9.53 Å². The largest absolute Gasteiger partial charge is 0.369 e. The molecular weight excluding hydrogens is 374 g/mol. The molecule has 2 N–H and O–H groups in total. The van der Waals surface area contributed by atoms with Gasteiger partial charge in [-0.05, 0) is 68.8 Å². The second-order valence-corrected chi connectivity index (χ2v) is 8.59. The monoisotopic (exact) mass is 407 g/mol. The van der Waals surface area contributed by atoms with Crippen molar-refractivity contribution in [2.45, 2.75) is 45.1 Å². The van der Waals surface area contributed by atoms with Crippen LogP contribution in [-0.2, 0) is 9.53 Å². The van der Waals surface area contributed by atoms with Gasteiger partial charge < -0.3 is 15.4 Å². The maximum Gasteiger partial charge on any atom is 0.246 e. The predicted octanol–water partition coefficient (Wildman–Crippen LogP) is 3.55. The third-order valence-corrected chi connectivity index (χ3v) is 6.62. The van der Waals surface area contributed by atoms with Crippen LogP contribution in [0.1, 0.15) is 39.0 Å².